The third kappa shape index (κ3) is 3.78. The zero-order valence-electron chi connectivity index (χ0n) is 13.3. The number of aromatic hydroxyl groups is 1. The van der Waals surface area contributed by atoms with Gasteiger partial charge in [0, 0.05) is 0 Å². The summed E-state index contributed by atoms with van der Waals surface area (Å²) in [5.74, 6) is -0.946. The Bertz CT molecular complexity index is 1150. The molecule has 2 aromatic carbocycles. The Hall–Kier alpha value is -3.30. The number of H-pyrrole nitrogens is 1. The van der Waals surface area contributed by atoms with Crippen molar-refractivity contribution in [1.82, 2.24) is 14.8 Å². The van der Waals surface area contributed by atoms with E-state index in [4.69, 9.17) is 33.7 Å². The van der Waals surface area contributed by atoms with Gasteiger partial charge in [-0.15, -0.1) is 0 Å². The molecule has 0 aliphatic heterocycles. The number of aromatic amines is 1. The van der Waals surface area contributed by atoms with E-state index < -0.39 is 17.2 Å². The van der Waals surface area contributed by atoms with Gasteiger partial charge in [-0.3, -0.25) is 14.6 Å². The molecule has 11 heteroatoms. The molecule has 0 aliphatic carbocycles. The summed E-state index contributed by atoms with van der Waals surface area (Å²) in [4.78, 5) is 36.3. The van der Waals surface area contributed by atoms with Gasteiger partial charge >= 0.3 is 5.69 Å². The van der Waals surface area contributed by atoms with Gasteiger partial charge in [0.05, 0.1) is 21.3 Å². The van der Waals surface area contributed by atoms with Crippen LogP contribution in [-0.2, 0) is 0 Å². The summed E-state index contributed by atoms with van der Waals surface area (Å²) in [6.07, 6.45) is 0.926. The van der Waals surface area contributed by atoms with Crippen molar-refractivity contribution in [2.24, 2.45) is 5.73 Å². The molecular weight excluding hydrogens is 399 g/mol. The summed E-state index contributed by atoms with van der Waals surface area (Å²) in [5.41, 5.74) is 3.81. The zero-order chi connectivity index (χ0) is 19.7. The first kappa shape index (κ1) is 18.5. The molecule has 0 fully saturated rings. The fourth-order valence-corrected chi connectivity index (χ4v) is 2.75. The number of nitrogens with two attached hydrogens (primary N) is 1. The van der Waals surface area contributed by atoms with Crippen LogP contribution in [0.2, 0.25) is 10.0 Å². The molecule has 1 amide bonds. The number of aromatic nitrogens is 3. The standard InChI is InChI=1S/C16H10Cl2N4O5/c17-10-3-7(22-16(26)21-13(24)6-20-22)4-11(18)14(10)27-8-1-2-12(23)9(5-8)15(19)25/h1-6,23H,(H2,19,25)(H,21,24,26). The Kier molecular flexibility index (Phi) is 4.89. The molecular formula is C16H10Cl2N4O5. The van der Waals surface area contributed by atoms with Gasteiger partial charge in [-0.25, -0.2) is 4.79 Å². The number of carbonyl (C=O) groups is 1. The molecule has 3 aromatic rings. The lowest BCUT2D eigenvalue weighted by Crippen LogP contribution is -2.30. The molecule has 0 saturated heterocycles. The number of hydrogen-bond acceptors (Lipinski definition) is 6. The molecule has 1 heterocycles. The maximum absolute atomic E-state index is 11.8. The minimum Gasteiger partial charge on any atom is -0.507 e. The van der Waals surface area contributed by atoms with Crippen LogP contribution in [0.15, 0.2) is 46.1 Å². The number of nitrogens with zero attached hydrogens (tertiary/aromatic N) is 2. The highest BCUT2D eigenvalue weighted by atomic mass is 35.5. The molecule has 0 aliphatic rings. The van der Waals surface area contributed by atoms with E-state index in [0.717, 1.165) is 10.9 Å². The molecule has 0 saturated carbocycles. The van der Waals surface area contributed by atoms with Gasteiger partial charge in [0.1, 0.15) is 17.7 Å². The number of amides is 1. The van der Waals surface area contributed by atoms with Gasteiger partial charge in [0.15, 0.2) is 5.75 Å². The van der Waals surface area contributed by atoms with Crippen molar-refractivity contribution in [3.63, 3.8) is 0 Å². The third-order valence-corrected chi connectivity index (χ3v) is 3.96. The summed E-state index contributed by atoms with van der Waals surface area (Å²) in [6, 6.07) is 6.55. The fourth-order valence-electron chi connectivity index (χ4n) is 2.20. The van der Waals surface area contributed by atoms with E-state index in [0.29, 0.717) is 0 Å². The first-order valence-corrected chi connectivity index (χ1v) is 8.00. The number of rotatable bonds is 4. The van der Waals surface area contributed by atoms with Crippen LogP contribution < -0.4 is 21.7 Å². The normalized spacial score (nSPS) is 10.6. The van der Waals surface area contributed by atoms with Gasteiger partial charge in [0.25, 0.3) is 11.5 Å². The Balaban J connectivity index is 2.01. The second-order valence-corrected chi connectivity index (χ2v) is 6.05. The Labute approximate surface area is 160 Å². The van der Waals surface area contributed by atoms with Crippen molar-refractivity contribution in [1.29, 1.82) is 0 Å². The van der Waals surface area contributed by atoms with Crippen molar-refractivity contribution in [3.8, 4) is 22.9 Å². The van der Waals surface area contributed by atoms with Crippen LogP contribution in [0.3, 0.4) is 0 Å². The number of nitrogens with one attached hydrogen (secondary N) is 1. The number of carbonyl (C=O) groups excluding carboxylic acids is 1. The molecule has 0 atom stereocenters. The second kappa shape index (κ2) is 7.14. The predicted octanol–water partition coefficient (Wildman–Crippen LogP) is 1.82. The van der Waals surface area contributed by atoms with E-state index in [1.807, 2.05) is 0 Å². The molecule has 0 bridgehead atoms. The number of primary amides is 1. The summed E-state index contributed by atoms with van der Waals surface area (Å²) >= 11 is 12.4. The van der Waals surface area contributed by atoms with E-state index >= 15 is 0 Å². The smallest absolute Gasteiger partial charge is 0.349 e. The topological polar surface area (TPSA) is 140 Å². The Morgan fingerprint density at radius 2 is 1.85 bits per heavy atom. The molecule has 4 N–H and O–H groups in total. The summed E-state index contributed by atoms with van der Waals surface area (Å²) < 4.78 is 6.48. The lowest BCUT2D eigenvalue weighted by Gasteiger charge is -2.12. The zero-order valence-corrected chi connectivity index (χ0v) is 14.8. The number of benzene rings is 2. The van der Waals surface area contributed by atoms with Crippen molar-refractivity contribution in [2.45, 2.75) is 0 Å². The average Bonchev–Trinajstić information content (AvgIpc) is 2.59. The molecule has 0 spiro atoms. The highest BCUT2D eigenvalue weighted by Crippen LogP contribution is 2.38. The maximum atomic E-state index is 11.8. The lowest BCUT2D eigenvalue weighted by atomic mass is 10.2. The van der Waals surface area contributed by atoms with Crippen LogP contribution in [0.25, 0.3) is 5.69 Å². The monoisotopic (exact) mass is 408 g/mol. The maximum Gasteiger partial charge on any atom is 0.349 e. The molecule has 0 radical (unpaired) electrons. The lowest BCUT2D eigenvalue weighted by molar-refractivity contribution is 0.0997. The highest BCUT2D eigenvalue weighted by Gasteiger charge is 2.15. The van der Waals surface area contributed by atoms with Crippen LogP contribution in [-0.4, -0.2) is 25.8 Å². The third-order valence-electron chi connectivity index (χ3n) is 3.39. The van der Waals surface area contributed by atoms with E-state index in [-0.39, 0.29) is 38.5 Å². The first-order chi connectivity index (χ1) is 12.8. The number of ether oxygens (including phenoxy) is 1. The van der Waals surface area contributed by atoms with Crippen molar-refractivity contribution < 1.29 is 14.6 Å². The largest absolute Gasteiger partial charge is 0.507 e. The molecule has 0 unspecified atom stereocenters. The van der Waals surface area contributed by atoms with Crippen molar-refractivity contribution in [3.05, 3.63) is 73.0 Å². The minimum atomic E-state index is -0.839. The first-order valence-electron chi connectivity index (χ1n) is 7.25. The van der Waals surface area contributed by atoms with Crippen LogP contribution in [0.1, 0.15) is 10.4 Å². The predicted molar refractivity (Wildman–Crippen MR) is 97.2 cm³/mol. The van der Waals surface area contributed by atoms with Crippen LogP contribution in [0.4, 0.5) is 0 Å². The van der Waals surface area contributed by atoms with E-state index in [9.17, 15) is 19.5 Å². The number of hydrogen-bond donors (Lipinski definition) is 3. The minimum absolute atomic E-state index is 0.0334. The highest BCUT2D eigenvalue weighted by molar-refractivity contribution is 6.37. The summed E-state index contributed by atoms with van der Waals surface area (Å²) in [5, 5.41) is 13.4. The molecule has 27 heavy (non-hydrogen) atoms. The molecule has 138 valence electrons. The Morgan fingerprint density at radius 1 is 1.19 bits per heavy atom. The number of halogens is 2. The fraction of sp³-hybridized carbons (Fsp3) is 0. The second-order valence-electron chi connectivity index (χ2n) is 5.23. The van der Waals surface area contributed by atoms with Gasteiger partial charge in [-0.1, -0.05) is 23.2 Å². The van der Waals surface area contributed by atoms with Gasteiger partial charge < -0.3 is 15.6 Å². The molecule has 3 rings (SSSR count). The van der Waals surface area contributed by atoms with E-state index in [2.05, 4.69) is 10.1 Å². The van der Waals surface area contributed by atoms with Gasteiger partial charge in [-0.05, 0) is 30.3 Å². The summed E-state index contributed by atoms with van der Waals surface area (Å²) in [7, 11) is 0. The van der Waals surface area contributed by atoms with Gasteiger partial charge in [0.2, 0.25) is 0 Å². The van der Waals surface area contributed by atoms with Crippen LogP contribution in [0.5, 0.6) is 17.2 Å². The van der Waals surface area contributed by atoms with E-state index in [1.165, 1.54) is 30.3 Å². The van der Waals surface area contributed by atoms with Crippen molar-refractivity contribution in [2.75, 3.05) is 0 Å². The van der Waals surface area contributed by atoms with Crippen LogP contribution >= 0.6 is 23.2 Å². The average molecular weight is 409 g/mol. The number of phenols is 1. The molecule has 1 aromatic heterocycles. The van der Waals surface area contributed by atoms with Gasteiger partial charge in [-0.2, -0.15) is 9.78 Å². The summed E-state index contributed by atoms with van der Waals surface area (Å²) in [6.45, 7) is 0. The van der Waals surface area contributed by atoms with Crippen LogP contribution in [0, 0.1) is 0 Å². The van der Waals surface area contributed by atoms with Crippen molar-refractivity contribution >= 4 is 29.1 Å². The SMILES string of the molecule is NC(=O)c1cc(Oc2c(Cl)cc(-n3ncc(=O)[nH]c3=O)cc2Cl)ccc1O. The quantitative estimate of drug-likeness (QED) is 0.601. The van der Waals surface area contributed by atoms with E-state index in [1.54, 1.807) is 0 Å². The molecule has 9 nitrogen and oxygen atoms in total. The Morgan fingerprint density at radius 3 is 2.44 bits per heavy atom.